The van der Waals surface area contributed by atoms with Crippen molar-refractivity contribution in [2.75, 3.05) is 5.73 Å². The predicted molar refractivity (Wildman–Crippen MR) is 129 cm³/mol. The topological polar surface area (TPSA) is 156 Å². The highest BCUT2D eigenvalue weighted by Crippen LogP contribution is 2.12. The van der Waals surface area contributed by atoms with Crippen molar-refractivity contribution < 1.29 is 29.1 Å². The summed E-state index contributed by atoms with van der Waals surface area (Å²) in [6.45, 7) is 11.7. The Morgan fingerprint density at radius 3 is 2.12 bits per heavy atom. The Labute approximate surface area is 196 Å². The van der Waals surface area contributed by atoms with E-state index in [1.807, 2.05) is 12.2 Å². The fourth-order valence-corrected chi connectivity index (χ4v) is 2.23. The Balaban J connectivity index is 0. The summed E-state index contributed by atoms with van der Waals surface area (Å²) in [5.74, 6) is -0.544. The van der Waals surface area contributed by atoms with E-state index < -0.39 is 18.1 Å². The van der Waals surface area contributed by atoms with Crippen LogP contribution < -0.4 is 16.4 Å². The molecule has 1 aromatic carbocycles. The van der Waals surface area contributed by atoms with E-state index in [1.54, 1.807) is 25.1 Å². The van der Waals surface area contributed by atoms with Gasteiger partial charge >= 0.3 is 5.97 Å². The van der Waals surface area contributed by atoms with Gasteiger partial charge in [0.25, 0.3) is 5.91 Å². The molecular weight excluding hydrogens is 426 g/mol. The Kier molecular flexibility index (Phi) is 17.8. The number of carboxylic acid groups (broad SMARTS) is 1. The van der Waals surface area contributed by atoms with Gasteiger partial charge in [0.2, 0.25) is 6.41 Å². The number of anilines is 1. The average Bonchev–Trinajstić information content (AvgIpc) is 2.74. The average molecular weight is 466 g/mol. The van der Waals surface area contributed by atoms with Crippen molar-refractivity contribution in [1.82, 2.24) is 10.6 Å². The molecule has 0 aliphatic rings. The SMILES string of the molecule is CC(=O)C(C)NC(=O)c1ccc(N)c(C)c1.CCCCC(C)C.O=CNC(C=O)CC(=O)O. The van der Waals surface area contributed by atoms with Crippen molar-refractivity contribution >= 4 is 36.0 Å². The predicted octanol–water partition coefficient (Wildman–Crippen LogP) is 2.89. The first kappa shape index (κ1) is 32.0. The molecule has 0 aliphatic heterocycles. The number of benzene rings is 1. The van der Waals surface area contributed by atoms with Crippen LogP contribution >= 0.6 is 0 Å². The minimum Gasteiger partial charge on any atom is -0.481 e. The van der Waals surface area contributed by atoms with Crippen LogP contribution in [0.5, 0.6) is 0 Å². The number of aliphatic carboxylic acids is 1. The molecule has 9 heteroatoms. The summed E-state index contributed by atoms with van der Waals surface area (Å²) < 4.78 is 0. The van der Waals surface area contributed by atoms with Gasteiger partial charge in [0.15, 0.2) is 5.78 Å². The molecule has 0 aromatic heterocycles. The molecule has 0 saturated carbocycles. The number of hydrogen-bond donors (Lipinski definition) is 4. The molecular formula is C24H39N3O6. The Morgan fingerprint density at radius 1 is 1.15 bits per heavy atom. The molecule has 1 aromatic rings. The van der Waals surface area contributed by atoms with Gasteiger partial charge in [-0.3, -0.25) is 19.2 Å². The van der Waals surface area contributed by atoms with Gasteiger partial charge in [-0.05, 0) is 50.5 Å². The van der Waals surface area contributed by atoms with Crippen LogP contribution in [0.3, 0.4) is 0 Å². The van der Waals surface area contributed by atoms with Crippen LogP contribution in [0.2, 0.25) is 0 Å². The zero-order valence-electron chi connectivity index (χ0n) is 20.5. The monoisotopic (exact) mass is 465 g/mol. The molecule has 2 amide bonds. The van der Waals surface area contributed by atoms with E-state index >= 15 is 0 Å². The highest BCUT2D eigenvalue weighted by atomic mass is 16.4. The van der Waals surface area contributed by atoms with E-state index in [1.165, 1.54) is 26.2 Å². The third kappa shape index (κ3) is 17.1. The summed E-state index contributed by atoms with van der Waals surface area (Å²) in [4.78, 5) is 52.3. The summed E-state index contributed by atoms with van der Waals surface area (Å²) in [5.41, 5.74) is 7.67. The van der Waals surface area contributed by atoms with Crippen molar-refractivity contribution in [2.45, 2.75) is 79.3 Å². The zero-order chi connectivity index (χ0) is 26.0. The lowest BCUT2D eigenvalue weighted by atomic mass is 10.1. The van der Waals surface area contributed by atoms with Crippen LogP contribution in [0.1, 0.15) is 76.2 Å². The first-order valence-electron chi connectivity index (χ1n) is 10.9. The highest BCUT2D eigenvalue weighted by Gasteiger charge is 2.13. The number of amides is 2. The molecule has 1 rings (SSSR count). The van der Waals surface area contributed by atoms with E-state index in [0.717, 1.165) is 11.5 Å². The molecule has 0 aliphatic carbocycles. The summed E-state index contributed by atoms with van der Waals surface area (Å²) in [7, 11) is 0. The number of carbonyl (C=O) groups excluding carboxylic acids is 4. The number of nitrogen functional groups attached to an aromatic ring is 1. The maximum Gasteiger partial charge on any atom is 0.305 e. The van der Waals surface area contributed by atoms with Gasteiger partial charge in [0, 0.05) is 11.3 Å². The lowest BCUT2D eigenvalue weighted by molar-refractivity contribution is -0.138. The number of aldehydes is 1. The van der Waals surface area contributed by atoms with Crippen LogP contribution in [-0.2, 0) is 19.2 Å². The third-order valence-corrected chi connectivity index (χ3v) is 4.47. The fraction of sp³-hybridized carbons (Fsp3) is 0.542. The van der Waals surface area contributed by atoms with Crippen molar-refractivity contribution in [2.24, 2.45) is 5.92 Å². The van der Waals surface area contributed by atoms with Crippen LogP contribution in [0.25, 0.3) is 0 Å². The molecule has 9 nitrogen and oxygen atoms in total. The second kappa shape index (κ2) is 18.4. The van der Waals surface area contributed by atoms with Gasteiger partial charge in [-0.1, -0.05) is 40.0 Å². The first-order chi connectivity index (χ1) is 15.4. The Hall–Kier alpha value is -3.23. The summed E-state index contributed by atoms with van der Waals surface area (Å²) in [6, 6.07) is 3.66. The Bertz CT molecular complexity index is 765. The molecule has 0 spiro atoms. The number of aryl methyl sites for hydroxylation is 1. The van der Waals surface area contributed by atoms with Gasteiger partial charge < -0.3 is 26.3 Å². The molecule has 0 saturated heterocycles. The number of rotatable bonds is 11. The number of carboxylic acids is 1. The maximum atomic E-state index is 11.7. The van der Waals surface area contributed by atoms with Crippen molar-refractivity contribution in [3.05, 3.63) is 29.3 Å². The molecule has 5 N–H and O–H groups in total. The standard InChI is InChI=1S/C12H16N2O2.C7H16.C5H7NO4/c1-7-6-10(4-5-11(7)13)12(16)14-8(2)9(3)15;1-4-5-6-7(2)3;7-2-4(6-3-8)1-5(9)10/h4-6,8H,13H2,1-3H3,(H,14,16);7H,4-6H2,1-3H3;2-4H,1H2,(H,6,8)(H,9,10). The van der Waals surface area contributed by atoms with Crippen LogP contribution in [0, 0.1) is 12.8 Å². The number of nitrogens with two attached hydrogens (primary N) is 1. The molecule has 0 heterocycles. The fourth-order valence-electron chi connectivity index (χ4n) is 2.23. The maximum absolute atomic E-state index is 11.7. The van der Waals surface area contributed by atoms with Gasteiger partial charge in [-0.2, -0.15) is 0 Å². The smallest absolute Gasteiger partial charge is 0.305 e. The molecule has 0 radical (unpaired) electrons. The summed E-state index contributed by atoms with van der Waals surface area (Å²) >= 11 is 0. The van der Waals surface area contributed by atoms with Crippen LogP contribution in [0.15, 0.2) is 18.2 Å². The zero-order valence-corrected chi connectivity index (χ0v) is 20.5. The lowest BCUT2D eigenvalue weighted by Gasteiger charge is -2.11. The van der Waals surface area contributed by atoms with Crippen LogP contribution in [0.4, 0.5) is 5.69 Å². The summed E-state index contributed by atoms with van der Waals surface area (Å²) in [6.07, 6.45) is 4.44. The van der Waals surface area contributed by atoms with Crippen molar-refractivity contribution in [3.8, 4) is 0 Å². The molecule has 2 unspecified atom stereocenters. The number of Topliss-reactive ketones (excluding diaryl/α,β-unsaturated/α-hetero) is 1. The molecule has 0 fully saturated rings. The summed E-state index contributed by atoms with van der Waals surface area (Å²) in [5, 5.41) is 12.8. The van der Waals surface area contributed by atoms with Gasteiger partial charge in [0.1, 0.15) is 6.29 Å². The third-order valence-electron chi connectivity index (χ3n) is 4.47. The second-order valence-electron chi connectivity index (χ2n) is 8.04. The normalized spacial score (nSPS) is 11.5. The van der Waals surface area contributed by atoms with E-state index in [9.17, 15) is 24.0 Å². The number of carbonyl (C=O) groups is 5. The van der Waals surface area contributed by atoms with Crippen molar-refractivity contribution in [3.63, 3.8) is 0 Å². The first-order valence-corrected chi connectivity index (χ1v) is 10.9. The van der Waals surface area contributed by atoms with Crippen LogP contribution in [-0.4, -0.2) is 47.5 Å². The van der Waals surface area contributed by atoms with E-state index in [-0.39, 0.29) is 18.1 Å². The highest BCUT2D eigenvalue weighted by molar-refractivity contribution is 5.97. The number of hydrogen-bond acceptors (Lipinski definition) is 6. The quantitative estimate of drug-likeness (QED) is 0.289. The molecule has 2 atom stereocenters. The van der Waals surface area contributed by atoms with E-state index in [4.69, 9.17) is 10.8 Å². The van der Waals surface area contributed by atoms with Gasteiger partial charge in [-0.25, -0.2) is 0 Å². The minimum atomic E-state index is -1.12. The van der Waals surface area contributed by atoms with E-state index in [2.05, 4.69) is 26.1 Å². The largest absolute Gasteiger partial charge is 0.481 e. The molecule has 0 bridgehead atoms. The number of nitrogens with one attached hydrogen (secondary N) is 2. The molecule has 186 valence electrons. The van der Waals surface area contributed by atoms with Crippen molar-refractivity contribution in [1.29, 1.82) is 0 Å². The molecule has 33 heavy (non-hydrogen) atoms. The van der Waals surface area contributed by atoms with Gasteiger partial charge in [0.05, 0.1) is 18.5 Å². The number of ketones is 1. The van der Waals surface area contributed by atoms with Gasteiger partial charge in [-0.15, -0.1) is 0 Å². The second-order valence-corrected chi connectivity index (χ2v) is 8.04. The lowest BCUT2D eigenvalue weighted by Crippen LogP contribution is -2.37. The van der Waals surface area contributed by atoms with E-state index in [0.29, 0.717) is 23.9 Å². The minimum absolute atomic E-state index is 0.0690. The Morgan fingerprint density at radius 2 is 1.76 bits per heavy atom. The number of unbranched alkanes of at least 4 members (excludes halogenated alkanes) is 1.